The summed E-state index contributed by atoms with van der Waals surface area (Å²) in [5, 5.41) is 2.66. The molecule has 0 bridgehead atoms. The van der Waals surface area contributed by atoms with Crippen LogP contribution in [-0.2, 0) is 11.3 Å². The van der Waals surface area contributed by atoms with E-state index < -0.39 is 6.09 Å². The van der Waals surface area contributed by atoms with Crippen LogP contribution in [0.15, 0.2) is 53.0 Å². The van der Waals surface area contributed by atoms with Gasteiger partial charge in [0.1, 0.15) is 12.4 Å². The zero-order valence-electron chi connectivity index (χ0n) is 11.6. The largest absolute Gasteiger partial charge is 0.487 e. The first-order valence-corrected chi connectivity index (χ1v) is 7.39. The number of benzene rings is 2. The lowest BCUT2D eigenvalue weighted by Gasteiger charge is -2.13. The summed E-state index contributed by atoms with van der Waals surface area (Å²) in [5.74, 6) is 0.598. The predicted molar refractivity (Wildman–Crippen MR) is 85.6 cm³/mol. The standard InChI is InChI=1S/C16H16BrNO3/c1-2-20-16(19)18-14-9-5-6-10-15(14)21-11-12-7-3-4-8-13(12)17/h3-10H,2,11H2,1H3,(H,18,19). The summed E-state index contributed by atoms with van der Waals surface area (Å²) in [6.07, 6.45) is -0.491. The van der Waals surface area contributed by atoms with Crippen molar-refractivity contribution in [2.24, 2.45) is 0 Å². The van der Waals surface area contributed by atoms with Crippen molar-refractivity contribution >= 4 is 27.7 Å². The first kappa shape index (κ1) is 15.4. The van der Waals surface area contributed by atoms with Crippen molar-refractivity contribution in [3.63, 3.8) is 0 Å². The van der Waals surface area contributed by atoms with Crippen molar-refractivity contribution in [3.8, 4) is 5.75 Å². The van der Waals surface area contributed by atoms with E-state index in [1.54, 1.807) is 19.1 Å². The summed E-state index contributed by atoms with van der Waals surface area (Å²) in [6, 6.07) is 15.1. The van der Waals surface area contributed by atoms with Crippen molar-refractivity contribution in [2.75, 3.05) is 11.9 Å². The second-order valence-corrected chi connectivity index (χ2v) is 5.08. The zero-order chi connectivity index (χ0) is 15.1. The maximum Gasteiger partial charge on any atom is 0.411 e. The van der Waals surface area contributed by atoms with E-state index in [2.05, 4.69) is 21.2 Å². The van der Waals surface area contributed by atoms with Crippen molar-refractivity contribution in [2.45, 2.75) is 13.5 Å². The van der Waals surface area contributed by atoms with E-state index in [4.69, 9.17) is 9.47 Å². The Kier molecular flexibility index (Phi) is 5.63. The van der Waals surface area contributed by atoms with Crippen LogP contribution < -0.4 is 10.1 Å². The Labute approximate surface area is 132 Å². The van der Waals surface area contributed by atoms with Crippen LogP contribution in [-0.4, -0.2) is 12.7 Å². The average Bonchev–Trinajstić information content (AvgIpc) is 2.48. The van der Waals surface area contributed by atoms with E-state index in [9.17, 15) is 4.79 Å². The highest BCUT2D eigenvalue weighted by atomic mass is 79.9. The topological polar surface area (TPSA) is 47.6 Å². The Morgan fingerprint density at radius 3 is 2.62 bits per heavy atom. The molecule has 4 nitrogen and oxygen atoms in total. The number of hydrogen-bond acceptors (Lipinski definition) is 3. The second kappa shape index (κ2) is 7.69. The van der Waals surface area contributed by atoms with Gasteiger partial charge < -0.3 is 9.47 Å². The van der Waals surface area contributed by atoms with Crippen molar-refractivity contribution in [3.05, 3.63) is 58.6 Å². The Balaban J connectivity index is 2.06. The van der Waals surface area contributed by atoms with E-state index in [1.807, 2.05) is 36.4 Å². The molecule has 0 heterocycles. The lowest BCUT2D eigenvalue weighted by atomic mass is 10.2. The predicted octanol–water partition coefficient (Wildman–Crippen LogP) is 4.60. The van der Waals surface area contributed by atoms with Crippen LogP contribution in [0, 0.1) is 0 Å². The number of ether oxygens (including phenoxy) is 2. The average molecular weight is 350 g/mol. The fourth-order valence-corrected chi connectivity index (χ4v) is 2.14. The third-order valence-corrected chi connectivity index (χ3v) is 3.51. The summed E-state index contributed by atoms with van der Waals surface area (Å²) in [6.45, 7) is 2.49. The quantitative estimate of drug-likeness (QED) is 0.858. The molecule has 0 aliphatic heterocycles. The Bertz CT molecular complexity index is 616. The maximum atomic E-state index is 11.5. The van der Waals surface area contributed by atoms with Gasteiger partial charge >= 0.3 is 6.09 Å². The summed E-state index contributed by atoms with van der Waals surface area (Å²) in [4.78, 5) is 11.5. The molecule has 0 aliphatic rings. The molecule has 2 rings (SSSR count). The molecule has 0 saturated carbocycles. The summed E-state index contributed by atoms with van der Waals surface area (Å²) in [5.41, 5.74) is 1.62. The van der Waals surface area contributed by atoms with Crippen molar-refractivity contribution < 1.29 is 14.3 Å². The van der Waals surface area contributed by atoms with Crippen LogP contribution in [0.25, 0.3) is 0 Å². The van der Waals surface area contributed by atoms with Gasteiger partial charge in [0, 0.05) is 10.0 Å². The van der Waals surface area contributed by atoms with Crippen LogP contribution in [0.2, 0.25) is 0 Å². The van der Waals surface area contributed by atoms with Gasteiger partial charge in [-0.1, -0.05) is 46.3 Å². The minimum Gasteiger partial charge on any atom is -0.487 e. The van der Waals surface area contributed by atoms with E-state index in [1.165, 1.54) is 0 Å². The highest BCUT2D eigenvalue weighted by Crippen LogP contribution is 2.26. The molecule has 21 heavy (non-hydrogen) atoms. The van der Waals surface area contributed by atoms with Crippen molar-refractivity contribution in [1.82, 2.24) is 0 Å². The van der Waals surface area contributed by atoms with Gasteiger partial charge in [-0.3, -0.25) is 5.32 Å². The number of anilines is 1. The van der Waals surface area contributed by atoms with E-state index in [0.717, 1.165) is 10.0 Å². The fraction of sp³-hybridized carbons (Fsp3) is 0.188. The fourth-order valence-electron chi connectivity index (χ4n) is 1.74. The molecule has 0 atom stereocenters. The normalized spacial score (nSPS) is 10.0. The molecule has 1 N–H and O–H groups in total. The highest BCUT2D eigenvalue weighted by molar-refractivity contribution is 9.10. The molecule has 0 aromatic heterocycles. The SMILES string of the molecule is CCOC(=O)Nc1ccccc1OCc1ccccc1Br. The molecule has 2 aromatic carbocycles. The second-order valence-electron chi connectivity index (χ2n) is 4.22. The molecule has 0 unspecified atom stereocenters. The first-order chi connectivity index (χ1) is 10.2. The van der Waals surface area contributed by atoms with Gasteiger partial charge in [0.05, 0.1) is 12.3 Å². The van der Waals surface area contributed by atoms with E-state index >= 15 is 0 Å². The van der Waals surface area contributed by atoms with Gasteiger partial charge in [-0.2, -0.15) is 0 Å². The Morgan fingerprint density at radius 2 is 1.86 bits per heavy atom. The molecule has 1 amide bonds. The van der Waals surface area contributed by atoms with Gasteiger partial charge in [0.15, 0.2) is 0 Å². The molecule has 2 aromatic rings. The molecule has 0 radical (unpaired) electrons. The maximum absolute atomic E-state index is 11.5. The number of rotatable bonds is 5. The number of carbonyl (C=O) groups excluding carboxylic acids is 1. The molecule has 0 fully saturated rings. The van der Waals surface area contributed by atoms with Crippen LogP contribution in [0.4, 0.5) is 10.5 Å². The van der Waals surface area contributed by atoms with Gasteiger partial charge in [-0.15, -0.1) is 0 Å². The molecular formula is C16H16BrNO3. The molecule has 0 spiro atoms. The number of hydrogen-bond donors (Lipinski definition) is 1. The molecule has 0 aliphatic carbocycles. The number of amides is 1. The lowest BCUT2D eigenvalue weighted by molar-refractivity contribution is 0.167. The first-order valence-electron chi connectivity index (χ1n) is 6.59. The number of halogens is 1. The lowest BCUT2D eigenvalue weighted by Crippen LogP contribution is -2.14. The number of carbonyl (C=O) groups is 1. The van der Waals surface area contributed by atoms with Gasteiger partial charge in [-0.05, 0) is 25.1 Å². The zero-order valence-corrected chi connectivity index (χ0v) is 13.2. The minimum absolute atomic E-state index is 0.325. The number of nitrogens with one attached hydrogen (secondary N) is 1. The summed E-state index contributed by atoms with van der Waals surface area (Å²) >= 11 is 3.48. The molecule has 5 heteroatoms. The summed E-state index contributed by atoms with van der Waals surface area (Å²) < 4.78 is 11.6. The van der Waals surface area contributed by atoms with Gasteiger partial charge in [-0.25, -0.2) is 4.79 Å². The van der Waals surface area contributed by atoms with Gasteiger partial charge in [0.2, 0.25) is 0 Å². The van der Waals surface area contributed by atoms with Crippen LogP contribution in [0.1, 0.15) is 12.5 Å². The monoisotopic (exact) mass is 349 g/mol. The third kappa shape index (κ3) is 4.49. The van der Waals surface area contributed by atoms with Crippen molar-refractivity contribution in [1.29, 1.82) is 0 Å². The molecule has 0 saturated heterocycles. The smallest absolute Gasteiger partial charge is 0.411 e. The number of para-hydroxylation sites is 2. The third-order valence-electron chi connectivity index (χ3n) is 2.74. The highest BCUT2D eigenvalue weighted by Gasteiger charge is 2.08. The van der Waals surface area contributed by atoms with Gasteiger partial charge in [0.25, 0.3) is 0 Å². The van der Waals surface area contributed by atoms with Crippen LogP contribution >= 0.6 is 15.9 Å². The van der Waals surface area contributed by atoms with Crippen LogP contribution in [0.5, 0.6) is 5.75 Å². The van der Waals surface area contributed by atoms with Crippen LogP contribution in [0.3, 0.4) is 0 Å². The molecular weight excluding hydrogens is 334 g/mol. The van der Waals surface area contributed by atoms with E-state index in [-0.39, 0.29) is 0 Å². The summed E-state index contributed by atoms with van der Waals surface area (Å²) in [7, 11) is 0. The van der Waals surface area contributed by atoms with E-state index in [0.29, 0.717) is 24.7 Å². The Morgan fingerprint density at radius 1 is 1.14 bits per heavy atom. The minimum atomic E-state index is -0.491. The molecule has 110 valence electrons. The Hall–Kier alpha value is -2.01.